The Hall–Kier alpha value is -1.24. The van der Waals surface area contributed by atoms with Gasteiger partial charge in [0.15, 0.2) is 0 Å². The number of hydrogen-bond acceptors (Lipinski definition) is 0. The molecular formula is C19H25N. The van der Waals surface area contributed by atoms with E-state index in [9.17, 15) is 0 Å². The third kappa shape index (κ3) is 1.99. The van der Waals surface area contributed by atoms with E-state index in [0.29, 0.717) is 0 Å². The summed E-state index contributed by atoms with van der Waals surface area (Å²) < 4.78 is 2.76. The highest BCUT2D eigenvalue weighted by Crippen LogP contribution is 2.38. The molecular weight excluding hydrogens is 242 g/mol. The van der Waals surface area contributed by atoms with Crippen LogP contribution in [0.4, 0.5) is 0 Å². The first kappa shape index (κ1) is 12.5. The summed E-state index contributed by atoms with van der Waals surface area (Å²) in [7, 11) is 0. The highest BCUT2D eigenvalue weighted by Gasteiger charge is 2.24. The topological polar surface area (TPSA) is 4.93 Å². The van der Waals surface area contributed by atoms with E-state index >= 15 is 0 Å². The lowest BCUT2D eigenvalue weighted by molar-refractivity contribution is 0.354. The first-order valence-corrected chi connectivity index (χ1v) is 8.56. The molecule has 0 saturated heterocycles. The lowest BCUT2D eigenvalue weighted by Gasteiger charge is -2.26. The number of nitrogens with zero attached hydrogens (tertiary/aromatic N) is 1. The van der Waals surface area contributed by atoms with Gasteiger partial charge in [0.1, 0.15) is 0 Å². The number of benzene rings is 1. The van der Waals surface area contributed by atoms with Gasteiger partial charge in [-0.1, -0.05) is 43.9 Å². The number of rotatable bonds is 1. The van der Waals surface area contributed by atoms with Crippen LogP contribution < -0.4 is 0 Å². The fourth-order valence-corrected chi connectivity index (χ4v) is 4.46. The van der Waals surface area contributed by atoms with E-state index in [0.717, 1.165) is 6.04 Å². The number of aromatic nitrogens is 1. The van der Waals surface area contributed by atoms with Gasteiger partial charge in [-0.2, -0.15) is 0 Å². The largest absolute Gasteiger partial charge is 0.341 e. The number of para-hydroxylation sites is 1. The van der Waals surface area contributed by atoms with Crippen molar-refractivity contribution in [2.24, 2.45) is 0 Å². The average Bonchev–Trinajstić information content (AvgIpc) is 2.65. The van der Waals surface area contributed by atoms with E-state index in [4.69, 9.17) is 0 Å². The summed E-state index contributed by atoms with van der Waals surface area (Å²) in [4.78, 5) is 0. The van der Waals surface area contributed by atoms with Crippen molar-refractivity contribution in [3.8, 4) is 0 Å². The average molecular weight is 267 g/mol. The van der Waals surface area contributed by atoms with Crippen LogP contribution in [-0.4, -0.2) is 4.57 Å². The molecule has 1 heterocycles. The minimum absolute atomic E-state index is 0.774. The lowest BCUT2D eigenvalue weighted by Crippen LogP contribution is -2.15. The van der Waals surface area contributed by atoms with E-state index in [1.54, 1.807) is 16.6 Å². The summed E-state index contributed by atoms with van der Waals surface area (Å²) in [5.74, 6) is 0. The molecule has 1 heteroatoms. The van der Waals surface area contributed by atoms with Crippen molar-refractivity contribution in [2.75, 3.05) is 0 Å². The Bertz CT molecular complexity index is 601. The normalized spacial score (nSPS) is 20.8. The van der Waals surface area contributed by atoms with Crippen LogP contribution in [0, 0.1) is 0 Å². The number of aryl methyl sites for hydroxylation is 1. The van der Waals surface area contributed by atoms with Gasteiger partial charge in [-0.25, -0.2) is 0 Å². The zero-order valence-electron chi connectivity index (χ0n) is 12.4. The molecule has 1 nitrogen and oxygen atoms in total. The van der Waals surface area contributed by atoms with E-state index in [1.165, 1.54) is 69.7 Å². The van der Waals surface area contributed by atoms with Crippen LogP contribution in [0.5, 0.6) is 0 Å². The van der Waals surface area contributed by atoms with Crippen LogP contribution in [0.3, 0.4) is 0 Å². The second kappa shape index (κ2) is 5.27. The van der Waals surface area contributed by atoms with Crippen molar-refractivity contribution in [3.63, 3.8) is 0 Å². The monoisotopic (exact) mass is 267 g/mol. The molecule has 2 aromatic rings. The van der Waals surface area contributed by atoms with Crippen molar-refractivity contribution >= 4 is 10.9 Å². The minimum Gasteiger partial charge on any atom is -0.341 e. The summed E-state index contributed by atoms with van der Waals surface area (Å²) >= 11 is 0. The van der Waals surface area contributed by atoms with Gasteiger partial charge in [0.2, 0.25) is 0 Å². The van der Waals surface area contributed by atoms with Crippen molar-refractivity contribution < 1.29 is 0 Å². The molecule has 2 aliphatic rings. The molecule has 0 atom stereocenters. The van der Waals surface area contributed by atoms with Crippen molar-refractivity contribution in [1.82, 2.24) is 4.57 Å². The molecule has 0 unspecified atom stereocenters. The van der Waals surface area contributed by atoms with Crippen molar-refractivity contribution in [2.45, 2.75) is 70.3 Å². The van der Waals surface area contributed by atoms with Crippen LogP contribution in [0.1, 0.15) is 68.7 Å². The van der Waals surface area contributed by atoms with Crippen LogP contribution in [0.25, 0.3) is 10.9 Å². The van der Waals surface area contributed by atoms with Crippen LogP contribution in [0.15, 0.2) is 24.3 Å². The summed E-state index contributed by atoms with van der Waals surface area (Å²) in [6.45, 7) is 0. The maximum atomic E-state index is 2.76. The molecule has 4 rings (SSSR count). The summed E-state index contributed by atoms with van der Waals surface area (Å²) in [5.41, 5.74) is 4.89. The fourth-order valence-electron chi connectivity index (χ4n) is 4.46. The van der Waals surface area contributed by atoms with Gasteiger partial charge in [0.25, 0.3) is 0 Å². The second-order valence-corrected chi connectivity index (χ2v) is 6.66. The summed E-state index contributed by atoms with van der Waals surface area (Å²) in [6.07, 6.45) is 13.9. The molecule has 0 amide bonds. The molecule has 2 aliphatic carbocycles. The predicted molar refractivity (Wildman–Crippen MR) is 85.3 cm³/mol. The maximum Gasteiger partial charge on any atom is 0.0487 e. The third-order valence-electron chi connectivity index (χ3n) is 5.41. The first-order chi connectivity index (χ1) is 9.95. The highest BCUT2D eigenvalue weighted by molar-refractivity contribution is 5.86. The summed E-state index contributed by atoms with van der Waals surface area (Å²) in [6, 6.07) is 9.94. The third-order valence-corrected chi connectivity index (χ3v) is 5.41. The summed E-state index contributed by atoms with van der Waals surface area (Å²) in [5, 5.41) is 1.55. The molecule has 0 spiro atoms. The number of hydrogen-bond donors (Lipinski definition) is 0. The fraction of sp³-hybridized carbons (Fsp3) is 0.579. The van der Waals surface area contributed by atoms with Crippen molar-refractivity contribution in [3.05, 3.63) is 35.5 Å². The quantitative estimate of drug-likeness (QED) is 0.608. The molecule has 0 bridgehead atoms. The Balaban J connectivity index is 1.90. The van der Waals surface area contributed by atoms with Crippen molar-refractivity contribution in [1.29, 1.82) is 0 Å². The maximum absolute atomic E-state index is 2.76. The lowest BCUT2D eigenvalue weighted by atomic mass is 9.95. The molecule has 1 aromatic carbocycles. The highest BCUT2D eigenvalue weighted by atomic mass is 15.0. The Labute approximate surface area is 122 Å². The number of fused-ring (bicyclic) bond motifs is 3. The van der Waals surface area contributed by atoms with Gasteiger partial charge in [-0.05, 0) is 50.2 Å². The Kier molecular flexibility index (Phi) is 3.29. The van der Waals surface area contributed by atoms with Crippen LogP contribution in [0.2, 0.25) is 0 Å². The van der Waals surface area contributed by atoms with Gasteiger partial charge < -0.3 is 4.57 Å². The van der Waals surface area contributed by atoms with Gasteiger partial charge in [-0.15, -0.1) is 0 Å². The minimum atomic E-state index is 0.774. The van der Waals surface area contributed by atoms with E-state index in [1.807, 2.05) is 0 Å². The zero-order chi connectivity index (χ0) is 13.4. The molecule has 20 heavy (non-hydrogen) atoms. The Morgan fingerprint density at radius 2 is 1.55 bits per heavy atom. The van der Waals surface area contributed by atoms with E-state index in [2.05, 4.69) is 28.8 Å². The molecule has 0 N–H and O–H groups in total. The molecule has 0 aliphatic heterocycles. The Morgan fingerprint density at radius 3 is 2.45 bits per heavy atom. The second-order valence-electron chi connectivity index (χ2n) is 6.66. The Morgan fingerprint density at radius 1 is 0.800 bits per heavy atom. The van der Waals surface area contributed by atoms with Crippen LogP contribution >= 0.6 is 0 Å². The van der Waals surface area contributed by atoms with Gasteiger partial charge in [0, 0.05) is 22.6 Å². The van der Waals surface area contributed by atoms with E-state index in [-0.39, 0.29) is 0 Å². The van der Waals surface area contributed by atoms with Crippen LogP contribution in [-0.2, 0) is 12.8 Å². The molecule has 1 saturated carbocycles. The molecule has 0 radical (unpaired) electrons. The van der Waals surface area contributed by atoms with Gasteiger partial charge in [-0.3, -0.25) is 0 Å². The van der Waals surface area contributed by atoms with E-state index < -0.39 is 0 Å². The molecule has 1 aromatic heterocycles. The predicted octanol–water partition coefficient (Wildman–Crippen LogP) is 5.42. The van der Waals surface area contributed by atoms with Gasteiger partial charge in [0.05, 0.1) is 0 Å². The smallest absolute Gasteiger partial charge is 0.0487 e. The van der Waals surface area contributed by atoms with Gasteiger partial charge >= 0.3 is 0 Å². The molecule has 106 valence electrons. The standard InChI is InChI=1S/C19H25N/c1-3-9-15(10-4-1)20-18-13-6-2-5-11-16(18)17-12-7-8-14-19(17)20/h7-8,12,14-15H,1-6,9-11,13H2. The first-order valence-electron chi connectivity index (χ1n) is 8.56. The zero-order valence-corrected chi connectivity index (χ0v) is 12.4. The SMILES string of the molecule is c1ccc2c(c1)c1c(n2C2CCCCC2)CCCCC1. The molecule has 1 fully saturated rings.